The number of amides is 1. The fourth-order valence-corrected chi connectivity index (χ4v) is 4.84. The Morgan fingerprint density at radius 1 is 1.54 bits per heavy atom. The van der Waals surface area contributed by atoms with Crippen LogP contribution in [0.1, 0.15) is 40.5 Å². The number of anilines is 1. The van der Waals surface area contributed by atoms with Crippen molar-refractivity contribution in [1.29, 1.82) is 5.26 Å². The molecule has 0 radical (unpaired) electrons. The summed E-state index contributed by atoms with van der Waals surface area (Å²) >= 11 is 1.49. The molecule has 4 rings (SSSR count). The Morgan fingerprint density at radius 2 is 2.42 bits per heavy atom. The predicted octanol–water partition coefficient (Wildman–Crippen LogP) is 3.05. The molecule has 24 heavy (non-hydrogen) atoms. The smallest absolute Gasteiger partial charge is 0.228 e. The first-order valence-electron chi connectivity index (χ1n) is 8.21. The van der Waals surface area contributed by atoms with Gasteiger partial charge in [0.15, 0.2) is 0 Å². The lowest BCUT2D eigenvalue weighted by molar-refractivity contribution is -0.117. The standard InChI is InChI=1S/C18H18N2O3S/c19-8-14-11-4-3-10(9-21)6-16(11)24-18(14)20-17(22)13-7-12(13)15-2-1-5-23-15/h1-2,5,10,12-13,21H,3-4,6-7,9H2,(H,20,22). The number of thiophene rings is 1. The third-order valence-corrected chi connectivity index (χ3v) is 6.18. The van der Waals surface area contributed by atoms with Crippen molar-refractivity contribution in [3.63, 3.8) is 0 Å². The molecule has 2 aliphatic rings. The first-order chi connectivity index (χ1) is 11.7. The maximum absolute atomic E-state index is 12.5. The predicted molar refractivity (Wildman–Crippen MR) is 89.8 cm³/mol. The maximum Gasteiger partial charge on any atom is 0.228 e. The summed E-state index contributed by atoms with van der Waals surface area (Å²) in [7, 11) is 0. The molecule has 3 atom stereocenters. The summed E-state index contributed by atoms with van der Waals surface area (Å²) in [5, 5.41) is 22.5. The molecule has 3 unspecified atom stereocenters. The van der Waals surface area contributed by atoms with E-state index >= 15 is 0 Å². The lowest BCUT2D eigenvalue weighted by atomic mass is 9.88. The van der Waals surface area contributed by atoms with Gasteiger partial charge in [0.25, 0.3) is 0 Å². The molecule has 0 saturated heterocycles. The topological polar surface area (TPSA) is 86.3 Å². The van der Waals surface area contributed by atoms with E-state index in [4.69, 9.17) is 4.42 Å². The zero-order valence-electron chi connectivity index (χ0n) is 13.1. The third kappa shape index (κ3) is 2.64. The number of fused-ring (bicyclic) bond motifs is 1. The van der Waals surface area contributed by atoms with Crippen molar-refractivity contribution in [2.75, 3.05) is 11.9 Å². The Bertz CT molecular complexity index is 803. The molecule has 1 saturated carbocycles. The van der Waals surface area contributed by atoms with Crippen LogP contribution in [-0.2, 0) is 17.6 Å². The second-order valence-corrected chi connectivity index (χ2v) is 7.67. The van der Waals surface area contributed by atoms with E-state index in [0.29, 0.717) is 10.6 Å². The molecular weight excluding hydrogens is 324 g/mol. The average Bonchev–Trinajstić information content (AvgIpc) is 3.06. The van der Waals surface area contributed by atoms with E-state index < -0.39 is 0 Å². The molecule has 2 heterocycles. The van der Waals surface area contributed by atoms with E-state index in [2.05, 4.69) is 11.4 Å². The number of hydrogen-bond acceptors (Lipinski definition) is 5. The Hall–Kier alpha value is -2.10. The number of aliphatic hydroxyl groups is 1. The maximum atomic E-state index is 12.5. The highest BCUT2D eigenvalue weighted by molar-refractivity contribution is 7.16. The molecule has 2 aromatic heterocycles. The number of rotatable bonds is 4. The number of aliphatic hydroxyl groups excluding tert-OH is 1. The molecule has 0 aliphatic heterocycles. The number of hydrogen-bond donors (Lipinski definition) is 2. The van der Waals surface area contributed by atoms with E-state index in [0.717, 1.165) is 41.9 Å². The van der Waals surface area contributed by atoms with Gasteiger partial charge in [-0.15, -0.1) is 11.3 Å². The summed E-state index contributed by atoms with van der Waals surface area (Å²) in [6, 6.07) is 5.99. The van der Waals surface area contributed by atoms with Gasteiger partial charge in [-0.2, -0.15) is 5.26 Å². The first-order valence-corrected chi connectivity index (χ1v) is 9.02. The Kier molecular flexibility index (Phi) is 3.91. The minimum Gasteiger partial charge on any atom is -0.469 e. The Morgan fingerprint density at radius 3 is 3.12 bits per heavy atom. The van der Waals surface area contributed by atoms with Crippen molar-refractivity contribution in [2.45, 2.75) is 31.6 Å². The van der Waals surface area contributed by atoms with Gasteiger partial charge in [-0.1, -0.05) is 0 Å². The molecule has 2 aliphatic carbocycles. The molecule has 1 fully saturated rings. The molecule has 1 amide bonds. The average molecular weight is 342 g/mol. The number of furan rings is 1. The summed E-state index contributed by atoms with van der Waals surface area (Å²) in [5.74, 6) is 1.15. The van der Waals surface area contributed by atoms with Crippen molar-refractivity contribution < 1.29 is 14.3 Å². The summed E-state index contributed by atoms with van der Waals surface area (Å²) in [4.78, 5) is 13.6. The van der Waals surface area contributed by atoms with Gasteiger partial charge in [-0.25, -0.2) is 0 Å². The van der Waals surface area contributed by atoms with Crippen molar-refractivity contribution in [1.82, 2.24) is 0 Å². The molecule has 5 nitrogen and oxygen atoms in total. The highest BCUT2D eigenvalue weighted by Crippen LogP contribution is 2.49. The van der Waals surface area contributed by atoms with Gasteiger partial charge in [0.2, 0.25) is 5.91 Å². The summed E-state index contributed by atoms with van der Waals surface area (Å²) in [6.07, 6.45) is 4.90. The molecular formula is C18H18N2O3S. The van der Waals surface area contributed by atoms with Crippen LogP contribution in [0.25, 0.3) is 0 Å². The third-order valence-electron chi connectivity index (χ3n) is 5.01. The van der Waals surface area contributed by atoms with Crippen LogP contribution in [-0.4, -0.2) is 17.6 Å². The van der Waals surface area contributed by atoms with Crippen molar-refractivity contribution in [2.24, 2.45) is 11.8 Å². The van der Waals surface area contributed by atoms with Crippen LogP contribution in [0.5, 0.6) is 0 Å². The SMILES string of the molecule is N#Cc1c(NC(=O)C2CC2c2ccco2)sc2c1CCC(CO)C2. The number of nitrogens with zero attached hydrogens (tertiary/aromatic N) is 1. The van der Waals surface area contributed by atoms with Crippen molar-refractivity contribution in [3.05, 3.63) is 40.2 Å². The molecule has 0 spiro atoms. The summed E-state index contributed by atoms with van der Waals surface area (Å²) < 4.78 is 5.37. The molecule has 2 N–H and O–H groups in total. The van der Waals surface area contributed by atoms with Gasteiger partial charge in [0, 0.05) is 23.3 Å². The van der Waals surface area contributed by atoms with E-state index in [1.807, 2.05) is 12.1 Å². The highest BCUT2D eigenvalue weighted by atomic mass is 32.1. The fourth-order valence-electron chi connectivity index (χ4n) is 3.52. The lowest BCUT2D eigenvalue weighted by Gasteiger charge is -2.19. The van der Waals surface area contributed by atoms with Crippen molar-refractivity contribution in [3.8, 4) is 6.07 Å². The minimum absolute atomic E-state index is 0.0368. The van der Waals surface area contributed by atoms with Crippen LogP contribution in [0.15, 0.2) is 22.8 Å². The number of carbonyl (C=O) groups is 1. The molecule has 2 aromatic rings. The van der Waals surface area contributed by atoms with Gasteiger partial charge in [-0.3, -0.25) is 4.79 Å². The second kappa shape index (κ2) is 6.08. The normalized spacial score (nSPS) is 24.9. The summed E-state index contributed by atoms with van der Waals surface area (Å²) in [5.41, 5.74) is 1.66. The highest BCUT2D eigenvalue weighted by Gasteiger charge is 2.46. The van der Waals surface area contributed by atoms with Crippen LogP contribution >= 0.6 is 11.3 Å². The van der Waals surface area contributed by atoms with Crippen LogP contribution in [0.4, 0.5) is 5.00 Å². The van der Waals surface area contributed by atoms with Gasteiger partial charge in [0.1, 0.15) is 16.8 Å². The zero-order chi connectivity index (χ0) is 16.7. The van der Waals surface area contributed by atoms with Gasteiger partial charge >= 0.3 is 0 Å². The Labute approximate surface area is 143 Å². The lowest BCUT2D eigenvalue weighted by Crippen LogP contribution is -2.16. The van der Waals surface area contributed by atoms with E-state index in [-0.39, 0.29) is 30.3 Å². The van der Waals surface area contributed by atoms with Gasteiger partial charge in [-0.05, 0) is 49.3 Å². The molecule has 124 valence electrons. The van der Waals surface area contributed by atoms with E-state index in [1.54, 1.807) is 6.26 Å². The van der Waals surface area contributed by atoms with Gasteiger partial charge in [0.05, 0.1) is 11.8 Å². The number of nitrogens with one attached hydrogen (secondary N) is 1. The first kappa shape index (κ1) is 15.4. The molecule has 6 heteroatoms. The van der Waals surface area contributed by atoms with Crippen LogP contribution in [0.2, 0.25) is 0 Å². The van der Waals surface area contributed by atoms with Crippen LogP contribution in [0.3, 0.4) is 0 Å². The molecule has 0 bridgehead atoms. The number of nitriles is 1. The van der Waals surface area contributed by atoms with Crippen LogP contribution < -0.4 is 5.32 Å². The molecule has 0 aromatic carbocycles. The second-order valence-electron chi connectivity index (χ2n) is 6.56. The minimum atomic E-state index is -0.0768. The van der Waals surface area contributed by atoms with Crippen LogP contribution in [0, 0.1) is 23.2 Å². The Balaban J connectivity index is 1.50. The quantitative estimate of drug-likeness (QED) is 0.894. The monoisotopic (exact) mass is 342 g/mol. The largest absolute Gasteiger partial charge is 0.469 e. The van der Waals surface area contributed by atoms with E-state index in [9.17, 15) is 15.2 Å². The van der Waals surface area contributed by atoms with E-state index in [1.165, 1.54) is 11.3 Å². The summed E-state index contributed by atoms with van der Waals surface area (Å²) in [6.45, 7) is 0.174. The fraction of sp³-hybridized carbons (Fsp3) is 0.444. The number of carbonyl (C=O) groups excluding carboxylic acids is 1. The zero-order valence-corrected chi connectivity index (χ0v) is 13.9. The van der Waals surface area contributed by atoms with Crippen molar-refractivity contribution >= 4 is 22.2 Å². The van der Waals surface area contributed by atoms with Gasteiger partial charge < -0.3 is 14.8 Å².